The van der Waals surface area contributed by atoms with Gasteiger partial charge in [-0.05, 0) is 25.1 Å². The maximum absolute atomic E-state index is 5.51. The van der Waals surface area contributed by atoms with Crippen LogP contribution in [0.5, 0.6) is 11.6 Å². The van der Waals surface area contributed by atoms with Gasteiger partial charge in [0, 0.05) is 11.8 Å². The third-order valence-electron chi connectivity index (χ3n) is 1.98. The molecule has 0 aliphatic heterocycles. The van der Waals surface area contributed by atoms with Crippen LogP contribution in [0.3, 0.4) is 0 Å². The molecule has 2 aromatic rings. The number of aryl methyl sites for hydroxylation is 1. The van der Waals surface area contributed by atoms with Crippen LogP contribution in [-0.4, -0.2) is 9.97 Å². The molecule has 5 heteroatoms. The maximum Gasteiger partial charge on any atom is 0.221 e. The van der Waals surface area contributed by atoms with Gasteiger partial charge >= 0.3 is 0 Å². The average Bonchev–Trinajstić information content (AvgIpc) is 2.32. The van der Waals surface area contributed by atoms with Gasteiger partial charge < -0.3 is 10.2 Å². The van der Waals surface area contributed by atoms with Crippen molar-refractivity contribution in [1.82, 2.24) is 9.97 Å². The molecule has 3 N–H and O–H groups in total. The van der Waals surface area contributed by atoms with Crippen LogP contribution in [0.15, 0.2) is 36.5 Å². The van der Waals surface area contributed by atoms with Gasteiger partial charge in [0.15, 0.2) is 0 Å². The summed E-state index contributed by atoms with van der Waals surface area (Å²) in [6.45, 7) is 1.92. The summed E-state index contributed by atoms with van der Waals surface area (Å²) in [5.74, 6) is 6.92. The summed E-state index contributed by atoms with van der Waals surface area (Å²) in [7, 11) is 0. The van der Waals surface area contributed by atoms with Crippen LogP contribution in [0.4, 0.5) is 5.82 Å². The minimum Gasteiger partial charge on any atom is -0.437 e. The first kappa shape index (κ1) is 10.4. The molecule has 82 valence electrons. The number of nitrogens with two attached hydrogens (primary N) is 1. The summed E-state index contributed by atoms with van der Waals surface area (Å²) in [4.78, 5) is 8.25. The standard InChI is InChI=1S/C11H12N4O/c1-8-5-6-9(7-13-8)16-11-4-2-3-10(14-11)15-12/h2-7H,12H2,1H3,(H,14,15). The molecule has 0 aliphatic carbocycles. The van der Waals surface area contributed by atoms with Gasteiger partial charge in [0.05, 0.1) is 6.20 Å². The van der Waals surface area contributed by atoms with Crippen molar-refractivity contribution in [2.75, 3.05) is 5.43 Å². The van der Waals surface area contributed by atoms with Crippen molar-refractivity contribution in [2.45, 2.75) is 6.92 Å². The predicted octanol–water partition coefficient (Wildman–Crippen LogP) is 1.86. The fourth-order valence-electron chi connectivity index (χ4n) is 1.19. The minimum atomic E-state index is 0.473. The van der Waals surface area contributed by atoms with Crippen molar-refractivity contribution in [3.63, 3.8) is 0 Å². The van der Waals surface area contributed by atoms with Gasteiger partial charge in [-0.1, -0.05) is 6.07 Å². The molecule has 0 unspecified atom stereocenters. The number of ether oxygens (including phenoxy) is 1. The van der Waals surface area contributed by atoms with E-state index in [1.165, 1.54) is 0 Å². The molecule has 2 aromatic heterocycles. The summed E-state index contributed by atoms with van der Waals surface area (Å²) in [5, 5.41) is 0. The highest BCUT2D eigenvalue weighted by molar-refractivity contribution is 5.36. The highest BCUT2D eigenvalue weighted by atomic mass is 16.5. The average molecular weight is 216 g/mol. The zero-order valence-electron chi connectivity index (χ0n) is 8.84. The number of nitrogens with one attached hydrogen (secondary N) is 1. The van der Waals surface area contributed by atoms with Gasteiger partial charge in [-0.25, -0.2) is 5.84 Å². The molecule has 5 nitrogen and oxygen atoms in total. The highest BCUT2D eigenvalue weighted by Crippen LogP contribution is 2.19. The Morgan fingerprint density at radius 3 is 2.81 bits per heavy atom. The first-order valence-corrected chi connectivity index (χ1v) is 4.82. The van der Waals surface area contributed by atoms with Gasteiger partial charge in [-0.2, -0.15) is 4.98 Å². The second-order valence-corrected chi connectivity index (χ2v) is 3.24. The third kappa shape index (κ3) is 2.46. The molecule has 0 bridgehead atoms. The van der Waals surface area contributed by atoms with Crippen molar-refractivity contribution in [1.29, 1.82) is 0 Å². The highest BCUT2D eigenvalue weighted by Gasteiger charge is 1.99. The molecule has 0 atom stereocenters. The number of nitrogens with zero attached hydrogens (tertiary/aromatic N) is 2. The molecule has 0 spiro atoms. The Hall–Kier alpha value is -2.14. The van der Waals surface area contributed by atoms with Gasteiger partial charge in [0.25, 0.3) is 0 Å². The second-order valence-electron chi connectivity index (χ2n) is 3.24. The fourth-order valence-corrected chi connectivity index (χ4v) is 1.19. The molecule has 2 heterocycles. The summed E-state index contributed by atoms with van der Waals surface area (Å²) >= 11 is 0. The number of anilines is 1. The third-order valence-corrected chi connectivity index (χ3v) is 1.98. The quantitative estimate of drug-likeness (QED) is 0.605. The van der Waals surface area contributed by atoms with E-state index in [4.69, 9.17) is 10.6 Å². The molecule has 0 amide bonds. The topological polar surface area (TPSA) is 73.1 Å². The normalized spacial score (nSPS) is 9.88. The molecule has 0 aliphatic rings. The lowest BCUT2D eigenvalue weighted by atomic mass is 10.4. The lowest BCUT2D eigenvalue weighted by molar-refractivity contribution is 0.461. The van der Waals surface area contributed by atoms with Crippen LogP contribution >= 0.6 is 0 Å². The van der Waals surface area contributed by atoms with E-state index in [-0.39, 0.29) is 0 Å². The molecular weight excluding hydrogens is 204 g/mol. The van der Waals surface area contributed by atoms with Crippen molar-refractivity contribution in [3.05, 3.63) is 42.2 Å². The number of hydrogen-bond acceptors (Lipinski definition) is 5. The van der Waals surface area contributed by atoms with Gasteiger partial charge in [-0.15, -0.1) is 0 Å². The smallest absolute Gasteiger partial charge is 0.221 e. The SMILES string of the molecule is Cc1ccc(Oc2cccc(NN)n2)cn1. The van der Waals surface area contributed by atoms with Crippen molar-refractivity contribution in [2.24, 2.45) is 5.84 Å². The molecule has 2 rings (SSSR count). The van der Waals surface area contributed by atoms with Crippen LogP contribution in [0.2, 0.25) is 0 Å². The maximum atomic E-state index is 5.51. The summed E-state index contributed by atoms with van der Waals surface area (Å²) in [6.07, 6.45) is 1.65. The minimum absolute atomic E-state index is 0.473. The lowest BCUT2D eigenvalue weighted by Crippen LogP contribution is -2.08. The Morgan fingerprint density at radius 2 is 2.12 bits per heavy atom. The van der Waals surface area contributed by atoms with Crippen molar-refractivity contribution in [3.8, 4) is 11.6 Å². The Bertz CT molecular complexity index is 470. The number of pyridine rings is 2. The van der Waals surface area contributed by atoms with Crippen LogP contribution in [0.1, 0.15) is 5.69 Å². The lowest BCUT2D eigenvalue weighted by Gasteiger charge is -2.05. The predicted molar refractivity (Wildman–Crippen MR) is 61.1 cm³/mol. The molecule has 0 radical (unpaired) electrons. The number of rotatable bonds is 3. The Labute approximate surface area is 93.3 Å². The van der Waals surface area contributed by atoms with Gasteiger partial charge in [0.1, 0.15) is 11.6 Å². The van der Waals surface area contributed by atoms with E-state index in [0.717, 1.165) is 5.69 Å². The number of hydrazine groups is 1. The van der Waals surface area contributed by atoms with E-state index < -0.39 is 0 Å². The molecular formula is C11H12N4O. The Kier molecular flexibility index (Phi) is 2.98. The van der Waals surface area contributed by atoms with Crippen LogP contribution in [-0.2, 0) is 0 Å². The fraction of sp³-hybridized carbons (Fsp3) is 0.0909. The largest absolute Gasteiger partial charge is 0.437 e. The van der Waals surface area contributed by atoms with Crippen molar-refractivity contribution < 1.29 is 4.74 Å². The molecule has 0 aromatic carbocycles. The van der Waals surface area contributed by atoms with Gasteiger partial charge in [0.2, 0.25) is 5.88 Å². The summed E-state index contributed by atoms with van der Waals surface area (Å²) in [6, 6.07) is 9.02. The first-order chi connectivity index (χ1) is 7.78. The van der Waals surface area contributed by atoms with Crippen LogP contribution in [0.25, 0.3) is 0 Å². The van der Waals surface area contributed by atoms with E-state index in [9.17, 15) is 0 Å². The summed E-state index contributed by atoms with van der Waals surface area (Å²) in [5.41, 5.74) is 3.40. The first-order valence-electron chi connectivity index (χ1n) is 4.82. The van der Waals surface area contributed by atoms with E-state index in [1.807, 2.05) is 19.1 Å². The number of aromatic nitrogens is 2. The molecule has 0 saturated heterocycles. The van der Waals surface area contributed by atoms with E-state index in [0.29, 0.717) is 17.4 Å². The van der Waals surface area contributed by atoms with Gasteiger partial charge in [-0.3, -0.25) is 4.98 Å². The molecule has 0 saturated carbocycles. The zero-order chi connectivity index (χ0) is 11.4. The van der Waals surface area contributed by atoms with E-state index in [2.05, 4.69) is 15.4 Å². The van der Waals surface area contributed by atoms with Crippen LogP contribution in [0, 0.1) is 6.92 Å². The number of hydrogen-bond donors (Lipinski definition) is 2. The number of nitrogen functional groups attached to an aromatic ring is 1. The molecule has 16 heavy (non-hydrogen) atoms. The van der Waals surface area contributed by atoms with Crippen LogP contribution < -0.4 is 16.0 Å². The van der Waals surface area contributed by atoms with Crippen molar-refractivity contribution >= 4 is 5.82 Å². The Balaban J connectivity index is 2.16. The molecule has 0 fully saturated rings. The monoisotopic (exact) mass is 216 g/mol. The second kappa shape index (κ2) is 4.59. The summed E-state index contributed by atoms with van der Waals surface area (Å²) < 4.78 is 5.51. The Morgan fingerprint density at radius 1 is 1.25 bits per heavy atom. The van der Waals surface area contributed by atoms with E-state index >= 15 is 0 Å². The zero-order valence-corrected chi connectivity index (χ0v) is 8.84. The van der Waals surface area contributed by atoms with E-state index in [1.54, 1.807) is 24.4 Å².